The van der Waals surface area contributed by atoms with Crippen molar-refractivity contribution in [3.8, 4) is 0 Å². The van der Waals surface area contributed by atoms with Crippen molar-refractivity contribution >= 4 is 5.78 Å². The minimum atomic E-state index is -0.530. The Morgan fingerprint density at radius 2 is 2.27 bits per heavy atom. The molecule has 1 nitrogen and oxygen atoms in total. The fourth-order valence-corrected chi connectivity index (χ4v) is 1.29. The summed E-state index contributed by atoms with van der Waals surface area (Å²) in [5.41, 5.74) is 0. The topological polar surface area (TPSA) is 17.1 Å². The molecule has 2 heteroatoms. The van der Waals surface area contributed by atoms with Crippen LogP contribution in [0, 0.1) is 5.92 Å². The summed E-state index contributed by atoms with van der Waals surface area (Å²) in [6.45, 7) is 1.79. The van der Waals surface area contributed by atoms with Gasteiger partial charge in [0.2, 0.25) is 0 Å². The molecule has 0 aromatic rings. The van der Waals surface area contributed by atoms with Crippen molar-refractivity contribution in [3.05, 3.63) is 11.9 Å². The van der Waals surface area contributed by atoms with Crippen LogP contribution in [-0.4, -0.2) is 5.78 Å². The van der Waals surface area contributed by atoms with E-state index in [1.54, 1.807) is 6.92 Å². The first-order valence-corrected chi connectivity index (χ1v) is 4.11. The van der Waals surface area contributed by atoms with Crippen molar-refractivity contribution in [2.24, 2.45) is 5.92 Å². The number of hydrogen-bond donors (Lipinski definition) is 0. The van der Waals surface area contributed by atoms with E-state index in [-0.39, 0.29) is 11.7 Å². The van der Waals surface area contributed by atoms with Gasteiger partial charge in [-0.15, -0.1) is 0 Å². The Hall–Kier alpha value is -0.660. The van der Waals surface area contributed by atoms with Crippen molar-refractivity contribution in [1.29, 1.82) is 0 Å². The second kappa shape index (κ2) is 3.65. The lowest BCUT2D eigenvalue weighted by atomic mass is 9.95. The molecule has 0 spiro atoms. The molecule has 62 valence electrons. The molecule has 1 rings (SSSR count). The highest BCUT2D eigenvalue weighted by Crippen LogP contribution is 2.19. The molecule has 1 aliphatic rings. The van der Waals surface area contributed by atoms with Gasteiger partial charge in [0, 0.05) is 5.92 Å². The minimum Gasteiger partial charge on any atom is -0.291 e. The molecule has 0 aromatic heterocycles. The Labute approximate surface area is 66.3 Å². The van der Waals surface area contributed by atoms with Crippen LogP contribution in [0.3, 0.4) is 0 Å². The highest BCUT2D eigenvalue weighted by atomic mass is 19.1. The molecule has 0 N–H and O–H groups in total. The third kappa shape index (κ3) is 2.14. The van der Waals surface area contributed by atoms with Gasteiger partial charge in [0.15, 0.2) is 11.6 Å². The molecular formula is C9H13FO. The molecule has 11 heavy (non-hydrogen) atoms. The van der Waals surface area contributed by atoms with Gasteiger partial charge in [-0.25, -0.2) is 4.39 Å². The summed E-state index contributed by atoms with van der Waals surface area (Å²) in [5.74, 6) is -0.964. The summed E-state index contributed by atoms with van der Waals surface area (Å²) in [7, 11) is 0. The van der Waals surface area contributed by atoms with Crippen LogP contribution < -0.4 is 0 Å². The van der Waals surface area contributed by atoms with Crippen molar-refractivity contribution in [3.63, 3.8) is 0 Å². The number of carbonyl (C=O) groups excluding carboxylic acids is 1. The maximum atomic E-state index is 12.8. The molecule has 0 heterocycles. The van der Waals surface area contributed by atoms with Crippen LogP contribution in [-0.2, 0) is 4.79 Å². The highest BCUT2D eigenvalue weighted by Gasteiger charge is 2.18. The molecule has 0 amide bonds. The second-order valence-corrected chi connectivity index (χ2v) is 3.10. The molecular weight excluding hydrogens is 143 g/mol. The third-order valence-electron chi connectivity index (χ3n) is 2.10. The molecule has 0 radical (unpaired) electrons. The first-order chi connectivity index (χ1) is 5.22. The zero-order valence-electron chi connectivity index (χ0n) is 6.77. The van der Waals surface area contributed by atoms with E-state index in [0.29, 0.717) is 6.42 Å². The largest absolute Gasteiger partial charge is 0.291 e. The number of ketones is 1. The van der Waals surface area contributed by atoms with Crippen molar-refractivity contribution in [2.75, 3.05) is 0 Å². The summed E-state index contributed by atoms with van der Waals surface area (Å²) < 4.78 is 12.8. The zero-order chi connectivity index (χ0) is 8.27. The average molecular weight is 156 g/mol. The monoisotopic (exact) mass is 156 g/mol. The Kier molecular flexibility index (Phi) is 2.80. The molecule has 0 aliphatic heterocycles. The standard InChI is InChI=1S/C9H13FO/c1-7-5-3-2-4-6-8(10)9(7)11/h6-7H,2-5H2,1H3/b8-6+. The van der Waals surface area contributed by atoms with Crippen LogP contribution in [0.5, 0.6) is 0 Å². The third-order valence-corrected chi connectivity index (χ3v) is 2.10. The summed E-state index contributed by atoms with van der Waals surface area (Å²) in [6.07, 6.45) is 5.00. The molecule has 0 saturated heterocycles. The first kappa shape index (κ1) is 8.44. The summed E-state index contributed by atoms with van der Waals surface area (Å²) in [6, 6.07) is 0. The average Bonchev–Trinajstić information content (AvgIpc) is 2.00. The van der Waals surface area contributed by atoms with E-state index in [1.807, 2.05) is 0 Å². The maximum absolute atomic E-state index is 12.8. The minimum absolute atomic E-state index is 0.119. The van der Waals surface area contributed by atoms with Gasteiger partial charge in [-0.3, -0.25) is 4.79 Å². The van der Waals surface area contributed by atoms with E-state index in [4.69, 9.17) is 0 Å². The number of hydrogen-bond acceptors (Lipinski definition) is 1. The van der Waals surface area contributed by atoms with Crippen molar-refractivity contribution in [1.82, 2.24) is 0 Å². The van der Waals surface area contributed by atoms with E-state index in [9.17, 15) is 9.18 Å². The predicted molar refractivity (Wildman–Crippen MR) is 41.8 cm³/mol. The lowest BCUT2D eigenvalue weighted by Crippen LogP contribution is -2.12. The Morgan fingerprint density at radius 1 is 1.55 bits per heavy atom. The molecule has 0 saturated carbocycles. The maximum Gasteiger partial charge on any atom is 0.193 e. The summed E-state index contributed by atoms with van der Waals surface area (Å²) >= 11 is 0. The Balaban J connectivity index is 2.69. The fourth-order valence-electron chi connectivity index (χ4n) is 1.29. The first-order valence-electron chi connectivity index (χ1n) is 4.11. The van der Waals surface area contributed by atoms with Crippen LogP contribution in [0.1, 0.15) is 32.6 Å². The number of allylic oxidation sites excluding steroid dienone is 2. The van der Waals surface area contributed by atoms with Gasteiger partial charge in [-0.1, -0.05) is 13.3 Å². The number of halogens is 1. The molecule has 1 atom stereocenters. The van der Waals surface area contributed by atoms with Gasteiger partial charge >= 0.3 is 0 Å². The SMILES string of the molecule is CC1CCCC/C=C(/F)C1=O. The van der Waals surface area contributed by atoms with E-state index in [1.165, 1.54) is 6.08 Å². The molecule has 0 fully saturated rings. The number of Topliss-reactive ketones (excluding diaryl/α,β-unsaturated/α-hetero) is 1. The quantitative estimate of drug-likeness (QED) is 0.527. The van der Waals surface area contributed by atoms with Crippen LogP contribution in [0.2, 0.25) is 0 Å². The van der Waals surface area contributed by atoms with Gasteiger partial charge in [0.1, 0.15) is 0 Å². The molecule has 1 aliphatic carbocycles. The van der Waals surface area contributed by atoms with Gasteiger partial charge in [-0.05, 0) is 25.3 Å². The van der Waals surface area contributed by atoms with E-state index >= 15 is 0 Å². The fraction of sp³-hybridized carbons (Fsp3) is 0.667. The second-order valence-electron chi connectivity index (χ2n) is 3.10. The number of rotatable bonds is 0. The van der Waals surface area contributed by atoms with E-state index < -0.39 is 5.83 Å². The Bertz CT molecular complexity index is 184. The molecule has 0 aromatic carbocycles. The van der Waals surface area contributed by atoms with Gasteiger partial charge in [0.25, 0.3) is 0 Å². The molecule has 1 unspecified atom stereocenters. The van der Waals surface area contributed by atoms with Crippen molar-refractivity contribution < 1.29 is 9.18 Å². The zero-order valence-corrected chi connectivity index (χ0v) is 6.77. The van der Waals surface area contributed by atoms with Crippen LogP contribution in [0.15, 0.2) is 11.9 Å². The normalized spacial score (nSPS) is 32.0. The van der Waals surface area contributed by atoms with E-state index in [0.717, 1.165) is 19.3 Å². The Morgan fingerprint density at radius 3 is 3.00 bits per heavy atom. The van der Waals surface area contributed by atoms with E-state index in [2.05, 4.69) is 0 Å². The van der Waals surface area contributed by atoms with Crippen LogP contribution in [0.4, 0.5) is 4.39 Å². The summed E-state index contributed by atoms with van der Waals surface area (Å²) in [4.78, 5) is 11.1. The number of carbonyl (C=O) groups is 1. The van der Waals surface area contributed by atoms with Crippen molar-refractivity contribution in [2.45, 2.75) is 32.6 Å². The predicted octanol–water partition coefficient (Wildman–Crippen LogP) is 2.62. The highest BCUT2D eigenvalue weighted by molar-refractivity contribution is 5.94. The van der Waals surface area contributed by atoms with Gasteiger partial charge in [0.05, 0.1) is 0 Å². The smallest absolute Gasteiger partial charge is 0.193 e. The van der Waals surface area contributed by atoms with Crippen LogP contribution in [0.25, 0.3) is 0 Å². The molecule has 0 bridgehead atoms. The lowest BCUT2D eigenvalue weighted by molar-refractivity contribution is -0.120. The summed E-state index contributed by atoms with van der Waals surface area (Å²) in [5, 5.41) is 0. The lowest BCUT2D eigenvalue weighted by Gasteiger charge is -2.10. The van der Waals surface area contributed by atoms with Gasteiger partial charge in [-0.2, -0.15) is 0 Å². The van der Waals surface area contributed by atoms with Crippen LogP contribution >= 0.6 is 0 Å². The van der Waals surface area contributed by atoms with Gasteiger partial charge < -0.3 is 0 Å².